The maximum absolute atomic E-state index is 11.5. The first kappa shape index (κ1) is 14.6. The second-order valence-electron chi connectivity index (χ2n) is 6.10. The van der Waals surface area contributed by atoms with Gasteiger partial charge in [-0.1, -0.05) is 46.2 Å². The molecule has 0 amide bonds. The molecule has 0 heterocycles. The molecule has 1 aliphatic carbocycles. The Kier molecular flexibility index (Phi) is 4.02. The molecule has 0 aromatic carbocycles. The van der Waals surface area contributed by atoms with Crippen molar-refractivity contribution < 1.29 is 14.3 Å². The van der Waals surface area contributed by atoms with Crippen molar-refractivity contribution in [1.82, 2.24) is 0 Å². The Bertz CT molecular complexity index is 297. The maximum Gasteiger partial charge on any atom is 0.510 e. The molecule has 2 unspecified atom stereocenters. The summed E-state index contributed by atoms with van der Waals surface area (Å²) in [7, 11) is 0. The van der Waals surface area contributed by atoms with Crippen molar-refractivity contribution in [3.63, 3.8) is 0 Å². The van der Waals surface area contributed by atoms with Crippen molar-refractivity contribution in [3.8, 4) is 0 Å². The summed E-state index contributed by atoms with van der Waals surface area (Å²) in [5, 5.41) is 0. The monoisotopic (exact) mass is 262 g/mol. The van der Waals surface area contributed by atoms with Gasteiger partial charge in [-0.05, 0) is 24.7 Å². The van der Waals surface area contributed by atoms with Crippen LogP contribution in [0.1, 0.15) is 48.0 Å². The van der Waals surface area contributed by atoms with Crippen LogP contribution in [0, 0.1) is 16.7 Å². The fourth-order valence-electron chi connectivity index (χ4n) is 2.43. The van der Waals surface area contributed by atoms with E-state index in [1.54, 1.807) is 6.92 Å². The Morgan fingerprint density at radius 3 is 2.18 bits per heavy atom. The summed E-state index contributed by atoms with van der Waals surface area (Å²) < 4.78 is 10.2. The molecule has 3 atom stereocenters. The fraction of sp³-hybridized carbons (Fsp3) is 0.923. The second kappa shape index (κ2) is 4.68. The first-order valence-electron chi connectivity index (χ1n) is 6.10. The zero-order valence-corrected chi connectivity index (χ0v) is 12.3. The van der Waals surface area contributed by atoms with E-state index in [-0.39, 0.29) is 16.9 Å². The van der Waals surface area contributed by atoms with Crippen LogP contribution in [0.15, 0.2) is 0 Å². The summed E-state index contributed by atoms with van der Waals surface area (Å²) in [4.78, 5) is 11.5. The van der Waals surface area contributed by atoms with Crippen LogP contribution < -0.4 is 0 Å². The normalized spacial score (nSPS) is 31.9. The van der Waals surface area contributed by atoms with Crippen LogP contribution in [-0.4, -0.2) is 17.8 Å². The average Bonchev–Trinajstić information content (AvgIpc) is 2.26. The number of ether oxygens (including phenoxy) is 2. The SMILES string of the molecule is CC(Cl)OC(=O)O[C@H]1CC(C)C(C)(C)C1(C)C. The van der Waals surface area contributed by atoms with Gasteiger partial charge in [-0.25, -0.2) is 4.79 Å². The van der Waals surface area contributed by atoms with E-state index >= 15 is 0 Å². The molecule has 4 heteroatoms. The first-order valence-corrected chi connectivity index (χ1v) is 6.54. The van der Waals surface area contributed by atoms with E-state index in [9.17, 15) is 4.79 Å². The average molecular weight is 263 g/mol. The molecule has 1 saturated carbocycles. The summed E-state index contributed by atoms with van der Waals surface area (Å²) in [5.74, 6) is 0.503. The molecule has 1 fully saturated rings. The minimum absolute atomic E-state index is 0.0685. The highest BCUT2D eigenvalue weighted by Gasteiger charge is 2.54. The van der Waals surface area contributed by atoms with Crippen LogP contribution in [0.3, 0.4) is 0 Å². The molecule has 0 spiro atoms. The molecule has 1 aliphatic rings. The number of halogens is 1. The Hall–Kier alpha value is -0.440. The largest absolute Gasteiger partial charge is 0.510 e. The van der Waals surface area contributed by atoms with Crippen molar-refractivity contribution in [2.45, 2.75) is 59.6 Å². The van der Waals surface area contributed by atoms with Crippen LogP contribution in [0.2, 0.25) is 0 Å². The third kappa shape index (κ3) is 2.70. The van der Waals surface area contributed by atoms with Crippen molar-refractivity contribution in [3.05, 3.63) is 0 Å². The third-order valence-electron chi connectivity index (χ3n) is 4.76. The Labute approximate surface area is 109 Å². The van der Waals surface area contributed by atoms with E-state index < -0.39 is 11.7 Å². The van der Waals surface area contributed by atoms with Gasteiger partial charge in [0.15, 0.2) is 5.56 Å². The second-order valence-corrected chi connectivity index (χ2v) is 6.71. The summed E-state index contributed by atoms with van der Waals surface area (Å²) >= 11 is 5.59. The first-order chi connectivity index (χ1) is 7.59. The van der Waals surface area contributed by atoms with E-state index in [1.807, 2.05) is 0 Å². The highest BCUT2D eigenvalue weighted by atomic mass is 35.5. The van der Waals surface area contributed by atoms with Crippen molar-refractivity contribution >= 4 is 17.8 Å². The van der Waals surface area contributed by atoms with E-state index in [4.69, 9.17) is 21.1 Å². The molecule has 17 heavy (non-hydrogen) atoms. The molecule has 0 aromatic heterocycles. The van der Waals surface area contributed by atoms with Gasteiger partial charge in [0, 0.05) is 5.41 Å². The lowest BCUT2D eigenvalue weighted by Crippen LogP contribution is -2.38. The van der Waals surface area contributed by atoms with Gasteiger partial charge in [0.2, 0.25) is 0 Å². The van der Waals surface area contributed by atoms with Crippen LogP contribution in [0.5, 0.6) is 0 Å². The van der Waals surface area contributed by atoms with E-state index in [0.717, 1.165) is 6.42 Å². The topological polar surface area (TPSA) is 35.5 Å². The number of hydrogen-bond acceptors (Lipinski definition) is 3. The number of rotatable bonds is 2. The van der Waals surface area contributed by atoms with Crippen molar-refractivity contribution in [2.24, 2.45) is 16.7 Å². The van der Waals surface area contributed by atoms with Gasteiger partial charge in [-0.2, -0.15) is 0 Å². The molecular weight excluding hydrogens is 240 g/mol. The minimum atomic E-state index is -0.671. The van der Waals surface area contributed by atoms with Gasteiger partial charge in [-0.15, -0.1) is 0 Å². The quantitative estimate of drug-likeness (QED) is 0.553. The Morgan fingerprint density at radius 1 is 1.29 bits per heavy atom. The molecule has 0 N–H and O–H groups in total. The molecule has 0 aliphatic heterocycles. The molecule has 0 aromatic rings. The van der Waals surface area contributed by atoms with Crippen molar-refractivity contribution in [2.75, 3.05) is 0 Å². The molecule has 100 valence electrons. The Morgan fingerprint density at radius 2 is 1.82 bits per heavy atom. The minimum Gasteiger partial charge on any atom is -0.430 e. The highest BCUT2D eigenvalue weighted by Crippen LogP contribution is 2.56. The van der Waals surface area contributed by atoms with Gasteiger partial charge in [0.1, 0.15) is 6.10 Å². The molecule has 0 radical (unpaired) electrons. The van der Waals surface area contributed by atoms with E-state index in [1.165, 1.54) is 0 Å². The predicted octanol–water partition coefficient (Wildman–Crippen LogP) is 4.19. The van der Waals surface area contributed by atoms with Gasteiger partial charge in [0.25, 0.3) is 0 Å². The lowest BCUT2D eigenvalue weighted by atomic mass is 9.67. The van der Waals surface area contributed by atoms with Gasteiger partial charge in [-0.3, -0.25) is 0 Å². The highest BCUT2D eigenvalue weighted by molar-refractivity contribution is 6.19. The number of alkyl halides is 1. The van der Waals surface area contributed by atoms with Crippen LogP contribution in [-0.2, 0) is 9.47 Å². The lowest BCUT2D eigenvalue weighted by molar-refractivity contribution is -0.0358. The molecule has 0 saturated heterocycles. The smallest absolute Gasteiger partial charge is 0.430 e. The molecule has 1 rings (SSSR count). The van der Waals surface area contributed by atoms with Gasteiger partial charge < -0.3 is 9.47 Å². The summed E-state index contributed by atoms with van der Waals surface area (Å²) in [5.41, 5.74) is -0.594. The summed E-state index contributed by atoms with van der Waals surface area (Å²) in [6, 6.07) is 0. The maximum atomic E-state index is 11.5. The van der Waals surface area contributed by atoms with Crippen LogP contribution >= 0.6 is 11.6 Å². The summed E-state index contributed by atoms with van der Waals surface area (Å²) in [6.07, 6.45) is 0.0806. The number of carbonyl (C=O) groups is 1. The zero-order chi connectivity index (χ0) is 13.4. The standard InChI is InChI=1S/C13H23ClO3/c1-8-7-10(13(5,6)12(8,3)4)17-11(15)16-9(2)14/h8-10H,7H2,1-6H3/t8?,9?,10-/m0/s1. The number of carbonyl (C=O) groups excluding carboxylic acids is 1. The zero-order valence-electron chi connectivity index (χ0n) is 11.5. The van der Waals surface area contributed by atoms with Gasteiger partial charge in [0.05, 0.1) is 0 Å². The fourth-order valence-corrected chi connectivity index (χ4v) is 2.51. The van der Waals surface area contributed by atoms with E-state index in [2.05, 4.69) is 34.6 Å². The predicted molar refractivity (Wildman–Crippen MR) is 68.0 cm³/mol. The van der Waals surface area contributed by atoms with Crippen LogP contribution in [0.25, 0.3) is 0 Å². The van der Waals surface area contributed by atoms with Gasteiger partial charge >= 0.3 is 6.16 Å². The van der Waals surface area contributed by atoms with Crippen LogP contribution in [0.4, 0.5) is 4.79 Å². The Balaban J connectivity index is 2.71. The molecule has 0 bridgehead atoms. The molecular formula is C13H23ClO3. The van der Waals surface area contributed by atoms with Crippen molar-refractivity contribution in [1.29, 1.82) is 0 Å². The summed E-state index contributed by atoms with van der Waals surface area (Å²) in [6.45, 7) is 12.5. The van der Waals surface area contributed by atoms with E-state index in [0.29, 0.717) is 5.92 Å². The number of hydrogen-bond donors (Lipinski definition) is 0. The third-order valence-corrected chi connectivity index (χ3v) is 4.85. The molecule has 3 nitrogen and oxygen atoms in total. The lowest BCUT2D eigenvalue weighted by Gasteiger charge is -2.40.